The number of rotatable bonds is 18. The Hall–Kier alpha value is -8.44. The number of benzene rings is 6. The zero-order valence-corrected chi connectivity index (χ0v) is 48.9. The van der Waals surface area contributed by atoms with Gasteiger partial charge in [-0.2, -0.15) is 0 Å². The minimum Gasteiger partial charge on any atom is -0.508 e. The Morgan fingerprint density at radius 1 is 0.624 bits per heavy atom. The van der Waals surface area contributed by atoms with E-state index in [-0.39, 0.29) is 55.9 Å². The van der Waals surface area contributed by atoms with Crippen molar-refractivity contribution in [3.63, 3.8) is 0 Å². The summed E-state index contributed by atoms with van der Waals surface area (Å²) in [5, 5.41) is 34.5. The van der Waals surface area contributed by atoms with Crippen molar-refractivity contribution in [1.82, 2.24) is 42.2 Å². The summed E-state index contributed by atoms with van der Waals surface area (Å²) in [5.74, 6) is -7.08. The number of hydrogen-bond acceptors (Lipinski definition) is 13. The lowest BCUT2D eigenvalue weighted by Crippen LogP contribution is -2.61. The molecule has 0 spiro atoms. The molecular formula is C63H73N11O9S2. The van der Waals surface area contributed by atoms with E-state index in [0.29, 0.717) is 29.5 Å². The second-order valence-electron chi connectivity index (χ2n) is 21.7. The van der Waals surface area contributed by atoms with Gasteiger partial charge >= 0.3 is 0 Å². The summed E-state index contributed by atoms with van der Waals surface area (Å²) in [4.78, 5) is 119. The molecule has 15 N–H and O–H groups in total. The van der Waals surface area contributed by atoms with Gasteiger partial charge in [-0.15, -0.1) is 0 Å². The number of fused-ring (bicyclic) bond motifs is 3. The highest BCUT2D eigenvalue weighted by Crippen LogP contribution is 2.26. The number of carbonyl (C=O) groups excluding carboxylic acids is 8. The van der Waals surface area contributed by atoms with E-state index in [1.54, 1.807) is 32.2 Å². The van der Waals surface area contributed by atoms with Crippen molar-refractivity contribution in [2.24, 2.45) is 23.1 Å². The van der Waals surface area contributed by atoms with Crippen molar-refractivity contribution >= 4 is 101 Å². The number of unbranched alkanes of at least 4 members (excludes halogenated alkanes) is 1. The monoisotopic (exact) mass is 1190 g/mol. The number of primary amides is 1. The number of hydrogen-bond donors (Lipinski definition) is 12. The first-order chi connectivity index (χ1) is 40.9. The van der Waals surface area contributed by atoms with Crippen LogP contribution in [0.1, 0.15) is 55.4 Å². The number of amides is 8. The number of phenols is 1. The molecule has 0 radical (unpaired) electrons. The molecule has 1 aliphatic rings. The van der Waals surface area contributed by atoms with Gasteiger partial charge in [-0.05, 0) is 100 Å². The van der Waals surface area contributed by atoms with Gasteiger partial charge in [0.05, 0.1) is 6.04 Å². The summed E-state index contributed by atoms with van der Waals surface area (Å²) in [5.41, 5.74) is 21.8. The largest absolute Gasteiger partial charge is 0.508 e. The number of aromatic hydroxyl groups is 1. The average molecular weight is 1190 g/mol. The van der Waals surface area contributed by atoms with Crippen LogP contribution in [0.5, 0.6) is 5.75 Å². The molecule has 85 heavy (non-hydrogen) atoms. The van der Waals surface area contributed by atoms with Crippen molar-refractivity contribution < 1.29 is 43.5 Å². The van der Waals surface area contributed by atoms with Crippen LogP contribution in [0.4, 0.5) is 0 Å². The van der Waals surface area contributed by atoms with Gasteiger partial charge in [0.25, 0.3) is 0 Å². The van der Waals surface area contributed by atoms with Crippen molar-refractivity contribution in [2.45, 2.75) is 107 Å². The summed E-state index contributed by atoms with van der Waals surface area (Å²) in [6, 6.07) is 29.7. The molecule has 6 aromatic carbocycles. The highest BCUT2D eigenvalue weighted by molar-refractivity contribution is 8.76. The van der Waals surface area contributed by atoms with Crippen LogP contribution in [0.2, 0.25) is 0 Å². The molecule has 22 heteroatoms. The van der Waals surface area contributed by atoms with Gasteiger partial charge in [-0.25, -0.2) is 0 Å². The van der Waals surface area contributed by atoms with Crippen LogP contribution in [0.3, 0.4) is 0 Å². The normalized spacial score (nSPS) is 20.3. The molecule has 8 atom stereocenters. The second-order valence-corrected chi connectivity index (χ2v) is 24.2. The van der Waals surface area contributed by atoms with Crippen LogP contribution >= 0.6 is 21.6 Å². The predicted octanol–water partition coefficient (Wildman–Crippen LogP) is 3.84. The first kappa shape index (κ1) is 62.6. The van der Waals surface area contributed by atoms with E-state index in [0.717, 1.165) is 59.6 Å². The molecule has 7 aromatic rings. The van der Waals surface area contributed by atoms with Gasteiger partial charge < -0.3 is 64.5 Å². The van der Waals surface area contributed by atoms with Crippen LogP contribution in [0.15, 0.2) is 140 Å². The quantitative estimate of drug-likeness (QED) is 0.0430. The Balaban J connectivity index is 1.14. The van der Waals surface area contributed by atoms with Gasteiger partial charge in [-0.1, -0.05) is 151 Å². The fourth-order valence-electron chi connectivity index (χ4n) is 10.1. The molecule has 1 aliphatic heterocycles. The lowest BCUT2D eigenvalue weighted by Gasteiger charge is -2.29. The Kier molecular flexibility index (Phi) is 22.0. The molecule has 0 bridgehead atoms. The van der Waals surface area contributed by atoms with Gasteiger partial charge in [0.2, 0.25) is 47.3 Å². The fourth-order valence-corrected chi connectivity index (χ4v) is 12.4. The molecule has 0 saturated carbocycles. The summed E-state index contributed by atoms with van der Waals surface area (Å²) < 4.78 is 0. The second kappa shape index (κ2) is 29.9. The molecule has 20 nitrogen and oxygen atoms in total. The number of nitrogens with two attached hydrogens (primary N) is 3. The topological polar surface area (TPSA) is 335 Å². The van der Waals surface area contributed by atoms with Crippen molar-refractivity contribution in [3.05, 3.63) is 162 Å². The van der Waals surface area contributed by atoms with Gasteiger partial charge in [0.1, 0.15) is 48.0 Å². The van der Waals surface area contributed by atoms with Crippen LogP contribution in [-0.4, -0.2) is 124 Å². The molecule has 8 rings (SSSR count). The number of aromatic amines is 1. The molecular weight excluding hydrogens is 1120 g/mol. The zero-order valence-electron chi connectivity index (χ0n) is 47.3. The van der Waals surface area contributed by atoms with Gasteiger partial charge in [0, 0.05) is 47.9 Å². The molecule has 8 amide bonds. The first-order valence-corrected chi connectivity index (χ1v) is 30.8. The summed E-state index contributed by atoms with van der Waals surface area (Å²) in [7, 11) is 2.14. The number of H-pyrrole nitrogens is 1. The SMILES string of the molecule is CC(C)[C@@H]1NC(=O)[C@H](CCCCN)NC(=O)[C@@H](Cc2c[nH]c3ccccc23)NC(=O)[C@@H](Cc2ccc(O)cc2)NC(=O)[C@@H](NC(=O)[C@H](N)Cc2ccc3ccccc3c2)CSSC[C@@H](C(=O)N[C@@H](Cc2ccc3ccccc3c2)C(N)=O)NC1=O. The number of carbonyl (C=O) groups is 8. The Bertz CT molecular complexity index is 3530. The van der Waals surface area contributed by atoms with Crippen molar-refractivity contribution in [1.29, 1.82) is 0 Å². The maximum absolute atomic E-state index is 15.0. The summed E-state index contributed by atoms with van der Waals surface area (Å²) >= 11 is 0. The predicted molar refractivity (Wildman–Crippen MR) is 332 cm³/mol. The minimum atomic E-state index is -1.41. The number of phenolic OH excluding ortho intramolecular Hbond substituents is 1. The first-order valence-electron chi connectivity index (χ1n) is 28.3. The lowest BCUT2D eigenvalue weighted by atomic mass is 9.99. The standard InChI is InChI=1S/C63H73N11O9S2/c1-36(2)55-63(83)73-54(61(81)69-50(56(66)76)31-39-19-23-41-12-4-6-14-43(41)28-39)35-85-84-34-53(72-57(77)47(65)29-38-18-22-40-11-3-5-13-42(40)27-38)62(82)70-51(30-37-20-24-45(75)25-21-37)59(79)71-52(32-44-33-67-48-16-8-7-15-46(44)48)60(80)68-49(58(78)74-55)17-9-10-26-64/h3-8,11-16,18-25,27-28,33,36,47,49-55,67,75H,9-10,17,26,29-32,34-35,64-65H2,1-2H3,(H2,66,76)(H,68,80)(H,69,81)(H,70,82)(H,71,79)(H,72,77)(H,73,83)(H,74,78)/t47-,49+,50+,51-,52-,53+,54+,55+/m1/s1. The molecule has 1 aromatic heterocycles. The van der Waals surface area contributed by atoms with E-state index in [9.17, 15) is 43.5 Å². The highest BCUT2D eigenvalue weighted by atomic mass is 33.1. The third-order valence-electron chi connectivity index (χ3n) is 14.9. The Morgan fingerprint density at radius 2 is 1.19 bits per heavy atom. The molecule has 0 aliphatic carbocycles. The van der Waals surface area contributed by atoms with E-state index in [1.165, 1.54) is 12.1 Å². The average Bonchev–Trinajstić information content (AvgIpc) is 4.02. The Labute approximate surface area is 500 Å². The van der Waals surface area contributed by atoms with Crippen LogP contribution in [0, 0.1) is 5.92 Å². The zero-order chi connectivity index (χ0) is 60.6. The van der Waals surface area contributed by atoms with Gasteiger partial charge in [0.15, 0.2) is 0 Å². The van der Waals surface area contributed by atoms with Gasteiger partial charge in [-0.3, -0.25) is 38.4 Å². The minimum absolute atomic E-state index is 0.0182. The van der Waals surface area contributed by atoms with E-state index in [4.69, 9.17) is 17.2 Å². The van der Waals surface area contributed by atoms with Crippen LogP contribution in [-0.2, 0) is 64.0 Å². The molecule has 446 valence electrons. The Morgan fingerprint density at radius 3 is 1.84 bits per heavy atom. The highest BCUT2D eigenvalue weighted by Gasteiger charge is 2.36. The van der Waals surface area contributed by atoms with E-state index < -0.39 is 102 Å². The third kappa shape index (κ3) is 17.3. The maximum Gasteiger partial charge on any atom is 0.244 e. The smallest absolute Gasteiger partial charge is 0.244 e. The van der Waals surface area contributed by atoms with E-state index >= 15 is 0 Å². The summed E-state index contributed by atoms with van der Waals surface area (Å²) in [6.45, 7) is 3.69. The van der Waals surface area contributed by atoms with E-state index in [1.807, 2.05) is 109 Å². The van der Waals surface area contributed by atoms with Crippen molar-refractivity contribution in [3.8, 4) is 5.75 Å². The lowest BCUT2D eigenvalue weighted by molar-refractivity contribution is -0.136. The maximum atomic E-state index is 15.0. The van der Waals surface area contributed by atoms with Crippen LogP contribution < -0.4 is 54.4 Å². The summed E-state index contributed by atoms with van der Waals surface area (Å²) in [6.07, 6.45) is 2.56. The number of aromatic nitrogens is 1. The van der Waals surface area contributed by atoms with Crippen LogP contribution in [0.25, 0.3) is 32.4 Å². The number of para-hydroxylation sites is 1. The van der Waals surface area contributed by atoms with E-state index in [2.05, 4.69) is 42.2 Å². The molecule has 1 fully saturated rings. The molecule has 1 saturated heterocycles. The fraction of sp³-hybridized carbons (Fsp3) is 0.333. The molecule has 2 heterocycles. The van der Waals surface area contributed by atoms with Crippen molar-refractivity contribution in [2.75, 3.05) is 18.1 Å². The molecule has 0 unspecified atom stereocenters. The third-order valence-corrected chi connectivity index (χ3v) is 17.3. The number of nitrogens with one attached hydrogen (secondary N) is 8.